The van der Waals surface area contributed by atoms with Crippen molar-refractivity contribution in [3.8, 4) is 0 Å². The molecule has 2 heterocycles. The fourth-order valence-electron chi connectivity index (χ4n) is 1.35. The Morgan fingerprint density at radius 2 is 2.00 bits per heavy atom. The first-order chi connectivity index (χ1) is 8.06. The average molecular weight is 268 g/mol. The molecule has 0 radical (unpaired) electrons. The molecular weight excluding hydrogens is 252 g/mol. The van der Waals surface area contributed by atoms with Gasteiger partial charge >= 0.3 is 0 Å². The summed E-state index contributed by atoms with van der Waals surface area (Å²) >= 11 is 3.09. The summed E-state index contributed by atoms with van der Waals surface area (Å²) in [5, 5.41) is 7.36. The zero-order valence-corrected chi connectivity index (χ0v) is 12.0. The van der Waals surface area contributed by atoms with Crippen LogP contribution >= 0.6 is 22.9 Å². The third-order valence-electron chi connectivity index (χ3n) is 2.31. The van der Waals surface area contributed by atoms with Gasteiger partial charge in [0.1, 0.15) is 10.8 Å². The number of thiazole rings is 1. The molecule has 6 heteroatoms. The highest BCUT2D eigenvalue weighted by Crippen LogP contribution is 2.24. The minimum Gasteiger partial charge on any atom is -0.351 e. The van der Waals surface area contributed by atoms with Crippen LogP contribution in [0.25, 0.3) is 0 Å². The first-order valence-electron chi connectivity index (χ1n) is 5.58. The van der Waals surface area contributed by atoms with Crippen LogP contribution < -0.4 is 5.32 Å². The Morgan fingerprint density at radius 3 is 2.53 bits per heavy atom. The van der Waals surface area contributed by atoms with Crippen LogP contribution in [-0.4, -0.2) is 14.3 Å². The summed E-state index contributed by atoms with van der Waals surface area (Å²) in [5.74, 6) is 1.28. The summed E-state index contributed by atoms with van der Waals surface area (Å²) in [6.45, 7) is 8.29. The summed E-state index contributed by atoms with van der Waals surface area (Å²) in [6, 6.07) is 0.182. The van der Waals surface area contributed by atoms with E-state index in [0.717, 1.165) is 21.7 Å². The number of nitrogens with zero attached hydrogens (tertiary/aromatic N) is 3. The number of nitrogens with one attached hydrogen (secondary N) is 1. The largest absolute Gasteiger partial charge is 0.351 e. The molecule has 0 amide bonds. The molecule has 2 aromatic heterocycles. The number of rotatable bonds is 4. The van der Waals surface area contributed by atoms with E-state index < -0.39 is 0 Å². The van der Waals surface area contributed by atoms with E-state index in [1.54, 1.807) is 11.3 Å². The maximum Gasteiger partial charge on any atom is 0.203 e. The zero-order valence-electron chi connectivity index (χ0n) is 10.4. The molecule has 0 spiro atoms. The average Bonchev–Trinajstić information content (AvgIpc) is 2.86. The van der Waals surface area contributed by atoms with Crippen molar-refractivity contribution in [2.24, 2.45) is 0 Å². The number of hydrogen-bond donors (Lipinski definition) is 1. The lowest BCUT2D eigenvalue weighted by Gasteiger charge is -2.08. The fraction of sp³-hybridized carbons (Fsp3) is 0.545. The van der Waals surface area contributed by atoms with Crippen LogP contribution in [0, 0.1) is 6.92 Å². The van der Waals surface area contributed by atoms with Crippen molar-refractivity contribution >= 4 is 28.0 Å². The number of anilines is 1. The highest BCUT2D eigenvalue weighted by molar-refractivity contribution is 7.10. The van der Waals surface area contributed by atoms with Crippen molar-refractivity contribution in [1.29, 1.82) is 0 Å². The van der Waals surface area contributed by atoms with Gasteiger partial charge in [-0.25, -0.2) is 9.97 Å². The Hall–Kier alpha value is -1.01. The lowest BCUT2D eigenvalue weighted by Crippen LogP contribution is -2.06. The second-order valence-corrected chi connectivity index (χ2v) is 5.95. The molecule has 17 heavy (non-hydrogen) atoms. The van der Waals surface area contributed by atoms with Crippen LogP contribution in [0.1, 0.15) is 49.3 Å². The van der Waals surface area contributed by atoms with E-state index in [0.29, 0.717) is 5.92 Å². The van der Waals surface area contributed by atoms with Gasteiger partial charge < -0.3 is 5.32 Å². The SMILES string of the molecule is Cc1csc(C(C)Nc2nc(C(C)C)ns2)n1. The van der Waals surface area contributed by atoms with Crippen LogP contribution in [0.4, 0.5) is 5.13 Å². The second kappa shape index (κ2) is 5.10. The maximum atomic E-state index is 4.46. The summed E-state index contributed by atoms with van der Waals surface area (Å²) < 4.78 is 4.32. The first-order valence-corrected chi connectivity index (χ1v) is 7.23. The predicted octanol–water partition coefficient (Wildman–Crippen LogP) is 3.60. The van der Waals surface area contributed by atoms with E-state index in [4.69, 9.17) is 0 Å². The Balaban J connectivity index is 2.05. The van der Waals surface area contributed by atoms with Crippen molar-refractivity contribution in [3.63, 3.8) is 0 Å². The third-order valence-corrected chi connectivity index (χ3v) is 4.11. The van der Waals surface area contributed by atoms with Gasteiger partial charge in [0.25, 0.3) is 0 Å². The molecule has 0 aromatic carbocycles. The molecule has 0 saturated heterocycles. The zero-order chi connectivity index (χ0) is 12.4. The van der Waals surface area contributed by atoms with Gasteiger partial charge in [0.2, 0.25) is 5.13 Å². The van der Waals surface area contributed by atoms with Gasteiger partial charge in [0.15, 0.2) is 0 Å². The van der Waals surface area contributed by atoms with E-state index >= 15 is 0 Å². The lowest BCUT2D eigenvalue weighted by molar-refractivity contribution is 0.794. The summed E-state index contributed by atoms with van der Waals surface area (Å²) in [7, 11) is 0. The molecule has 2 rings (SSSR count). The Labute approximate surface area is 109 Å². The van der Waals surface area contributed by atoms with Crippen molar-refractivity contribution in [3.05, 3.63) is 21.9 Å². The highest BCUT2D eigenvalue weighted by Gasteiger charge is 2.13. The van der Waals surface area contributed by atoms with E-state index in [1.807, 2.05) is 6.92 Å². The van der Waals surface area contributed by atoms with Crippen LogP contribution in [0.3, 0.4) is 0 Å². The molecule has 0 aliphatic heterocycles. The minimum absolute atomic E-state index is 0.182. The molecule has 0 aliphatic carbocycles. The van der Waals surface area contributed by atoms with Gasteiger partial charge in [-0.1, -0.05) is 13.8 Å². The number of hydrogen-bond acceptors (Lipinski definition) is 6. The number of aromatic nitrogens is 3. The Kier molecular flexibility index (Phi) is 3.73. The second-order valence-electron chi connectivity index (χ2n) is 4.31. The quantitative estimate of drug-likeness (QED) is 0.920. The molecule has 2 aromatic rings. The molecule has 0 saturated carbocycles. The summed E-state index contributed by atoms with van der Waals surface area (Å²) in [6.07, 6.45) is 0. The first kappa shape index (κ1) is 12.4. The van der Waals surface area contributed by atoms with Crippen LogP contribution in [0.5, 0.6) is 0 Å². The molecule has 1 N–H and O–H groups in total. The van der Waals surface area contributed by atoms with Crippen LogP contribution in [-0.2, 0) is 0 Å². The smallest absolute Gasteiger partial charge is 0.203 e. The molecule has 0 bridgehead atoms. The van der Waals surface area contributed by atoms with Gasteiger partial charge in [0.05, 0.1) is 6.04 Å². The van der Waals surface area contributed by atoms with Crippen LogP contribution in [0.2, 0.25) is 0 Å². The minimum atomic E-state index is 0.182. The van der Waals surface area contributed by atoms with E-state index in [9.17, 15) is 0 Å². The van der Waals surface area contributed by atoms with Gasteiger partial charge in [-0.3, -0.25) is 0 Å². The van der Waals surface area contributed by atoms with Crippen molar-refractivity contribution in [2.45, 2.75) is 39.7 Å². The molecular formula is C11H16N4S2. The Bertz CT molecular complexity index is 489. The van der Waals surface area contributed by atoms with Gasteiger partial charge in [-0.2, -0.15) is 4.37 Å². The Morgan fingerprint density at radius 1 is 1.24 bits per heavy atom. The van der Waals surface area contributed by atoms with E-state index in [-0.39, 0.29) is 6.04 Å². The normalized spacial score (nSPS) is 13.0. The van der Waals surface area contributed by atoms with Crippen molar-refractivity contribution < 1.29 is 0 Å². The lowest BCUT2D eigenvalue weighted by atomic mass is 10.2. The van der Waals surface area contributed by atoms with Gasteiger partial charge in [-0.05, 0) is 13.8 Å². The molecule has 4 nitrogen and oxygen atoms in total. The van der Waals surface area contributed by atoms with E-state index in [1.165, 1.54) is 11.5 Å². The molecule has 0 aliphatic rings. The summed E-state index contributed by atoms with van der Waals surface area (Å²) in [5.41, 5.74) is 1.07. The summed E-state index contributed by atoms with van der Waals surface area (Å²) in [4.78, 5) is 8.92. The fourth-order valence-corrected chi connectivity index (χ4v) is 2.95. The molecule has 1 unspecified atom stereocenters. The van der Waals surface area contributed by atoms with E-state index in [2.05, 4.69) is 45.8 Å². The third kappa shape index (κ3) is 3.01. The topological polar surface area (TPSA) is 50.7 Å². The van der Waals surface area contributed by atoms with Crippen molar-refractivity contribution in [2.75, 3.05) is 5.32 Å². The monoisotopic (exact) mass is 268 g/mol. The van der Waals surface area contributed by atoms with Crippen LogP contribution in [0.15, 0.2) is 5.38 Å². The molecule has 92 valence electrons. The van der Waals surface area contributed by atoms with Crippen molar-refractivity contribution in [1.82, 2.24) is 14.3 Å². The standard InChI is InChI=1S/C11H16N4S2/c1-6(2)9-14-11(17-15-9)13-8(4)10-12-7(3)5-16-10/h5-6,8H,1-4H3,(H,13,14,15). The maximum absolute atomic E-state index is 4.46. The molecule has 1 atom stereocenters. The van der Waals surface area contributed by atoms with Gasteiger partial charge in [-0.15, -0.1) is 11.3 Å². The predicted molar refractivity (Wildman–Crippen MR) is 72.9 cm³/mol. The molecule has 0 fully saturated rings. The van der Waals surface area contributed by atoms with Gasteiger partial charge in [0, 0.05) is 28.5 Å². The highest BCUT2D eigenvalue weighted by atomic mass is 32.1. The number of aryl methyl sites for hydroxylation is 1.